The molecule has 2 aromatic heterocycles. The summed E-state index contributed by atoms with van der Waals surface area (Å²) in [5.41, 5.74) is -0.0223. The number of hydrogen-bond acceptors (Lipinski definition) is 3. The van der Waals surface area contributed by atoms with Gasteiger partial charge >= 0.3 is 0 Å². The topological polar surface area (TPSA) is 63.5 Å². The van der Waals surface area contributed by atoms with Crippen LogP contribution >= 0.6 is 0 Å². The average molecular weight is 257 g/mol. The Hall–Kier alpha value is -1.47. The van der Waals surface area contributed by atoms with E-state index in [0.29, 0.717) is 5.82 Å². The zero-order valence-electron chi connectivity index (χ0n) is 9.44. The van der Waals surface area contributed by atoms with Gasteiger partial charge in [-0.15, -0.1) is 0 Å². The van der Waals surface area contributed by atoms with Crippen molar-refractivity contribution in [1.82, 2.24) is 14.1 Å². The van der Waals surface area contributed by atoms with Gasteiger partial charge < -0.3 is 4.40 Å². The Kier molecular flexibility index (Phi) is 2.88. The Bertz CT molecular complexity index is 663. The summed E-state index contributed by atoms with van der Waals surface area (Å²) in [4.78, 5) is 3.91. The molecule has 2 aromatic rings. The van der Waals surface area contributed by atoms with Gasteiger partial charge in [0.05, 0.1) is 0 Å². The molecule has 0 aliphatic rings. The zero-order valence-corrected chi connectivity index (χ0v) is 10.3. The fourth-order valence-electron chi connectivity index (χ4n) is 1.66. The van der Waals surface area contributed by atoms with Crippen molar-refractivity contribution >= 4 is 15.5 Å². The van der Waals surface area contributed by atoms with Crippen molar-refractivity contribution in [3.8, 4) is 0 Å². The molecule has 2 rings (SSSR count). The normalized spacial score (nSPS) is 12.2. The zero-order chi connectivity index (χ0) is 12.6. The standard InChI is InChI=1S/C10H12FN3O2S/c1-3-12-17(15,16)10-9-8(11)5-4-6-14(9)7(2)13-10/h4-6,12H,3H2,1-2H3. The summed E-state index contributed by atoms with van der Waals surface area (Å²) in [6.07, 6.45) is 1.58. The quantitative estimate of drug-likeness (QED) is 0.895. The molecule has 0 amide bonds. The number of pyridine rings is 1. The van der Waals surface area contributed by atoms with Crippen LogP contribution in [0, 0.1) is 12.7 Å². The van der Waals surface area contributed by atoms with Gasteiger partial charge in [-0.25, -0.2) is 22.5 Å². The van der Waals surface area contributed by atoms with Gasteiger partial charge in [0.25, 0.3) is 10.0 Å². The first-order valence-electron chi connectivity index (χ1n) is 5.10. The van der Waals surface area contributed by atoms with Gasteiger partial charge in [0.2, 0.25) is 0 Å². The minimum absolute atomic E-state index is 0.0223. The van der Waals surface area contributed by atoms with Gasteiger partial charge in [0, 0.05) is 12.7 Å². The maximum Gasteiger partial charge on any atom is 0.260 e. The van der Waals surface area contributed by atoms with Crippen LogP contribution < -0.4 is 4.72 Å². The fraction of sp³-hybridized carbons (Fsp3) is 0.300. The first kappa shape index (κ1) is 12.0. The van der Waals surface area contributed by atoms with Gasteiger partial charge in [-0.2, -0.15) is 0 Å². The van der Waals surface area contributed by atoms with Crippen LogP contribution in [0.1, 0.15) is 12.7 Å². The summed E-state index contributed by atoms with van der Waals surface area (Å²) in [6, 6.07) is 2.71. The molecule has 5 nitrogen and oxygen atoms in total. The van der Waals surface area contributed by atoms with Crippen molar-refractivity contribution in [2.45, 2.75) is 18.9 Å². The minimum atomic E-state index is -3.76. The molecule has 7 heteroatoms. The molecule has 92 valence electrons. The van der Waals surface area contributed by atoms with Crippen LogP contribution in [0.25, 0.3) is 5.52 Å². The molecule has 0 unspecified atom stereocenters. The van der Waals surface area contributed by atoms with Crippen molar-refractivity contribution in [2.24, 2.45) is 0 Å². The molecule has 0 aliphatic carbocycles. The smallest absolute Gasteiger partial charge is 0.260 e. The fourth-order valence-corrected chi connectivity index (χ4v) is 2.88. The van der Waals surface area contributed by atoms with Gasteiger partial charge in [0.15, 0.2) is 5.03 Å². The molecule has 1 N–H and O–H groups in total. The highest BCUT2D eigenvalue weighted by molar-refractivity contribution is 7.89. The number of aryl methyl sites for hydroxylation is 1. The molecule has 0 aromatic carbocycles. The lowest BCUT2D eigenvalue weighted by molar-refractivity contribution is 0.579. The second-order valence-electron chi connectivity index (χ2n) is 3.54. The lowest BCUT2D eigenvalue weighted by atomic mass is 10.4. The van der Waals surface area contributed by atoms with Crippen LogP contribution in [0.4, 0.5) is 4.39 Å². The minimum Gasteiger partial charge on any atom is -0.300 e. The van der Waals surface area contributed by atoms with Gasteiger partial charge in [-0.1, -0.05) is 6.92 Å². The summed E-state index contributed by atoms with van der Waals surface area (Å²) in [5, 5.41) is -0.269. The van der Waals surface area contributed by atoms with E-state index in [2.05, 4.69) is 9.71 Å². The summed E-state index contributed by atoms with van der Waals surface area (Å²) >= 11 is 0. The van der Waals surface area contributed by atoms with Gasteiger partial charge in [0.1, 0.15) is 17.2 Å². The van der Waals surface area contributed by atoms with Crippen LogP contribution in [-0.2, 0) is 10.0 Å². The second kappa shape index (κ2) is 4.08. The van der Waals surface area contributed by atoms with E-state index in [0.717, 1.165) is 0 Å². The van der Waals surface area contributed by atoms with Gasteiger partial charge in [-0.3, -0.25) is 0 Å². The van der Waals surface area contributed by atoms with E-state index in [9.17, 15) is 12.8 Å². The first-order chi connectivity index (χ1) is 7.97. The maximum absolute atomic E-state index is 13.7. The number of halogens is 1. The average Bonchev–Trinajstić information content (AvgIpc) is 2.59. The van der Waals surface area contributed by atoms with E-state index in [1.807, 2.05) is 0 Å². The Balaban J connectivity index is 2.80. The number of rotatable bonds is 3. The lowest BCUT2D eigenvalue weighted by Crippen LogP contribution is -2.23. The van der Waals surface area contributed by atoms with Crippen LogP contribution in [0.15, 0.2) is 23.4 Å². The summed E-state index contributed by atoms with van der Waals surface area (Å²) < 4.78 is 41.1. The number of nitrogens with zero attached hydrogens (tertiary/aromatic N) is 2. The molecule has 0 bridgehead atoms. The maximum atomic E-state index is 13.7. The van der Waals surface area contributed by atoms with Crippen molar-refractivity contribution < 1.29 is 12.8 Å². The number of sulfonamides is 1. The third-order valence-corrected chi connectivity index (χ3v) is 3.81. The summed E-state index contributed by atoms with van der Waals surface area (Å²) in [5.74, 6) is -0.180. The SMILES string of the molecule is CCNS(=O)(=O)c1nc(C)n2cccc(F)c12. The summed E-state index contributed by atoms with van der Waals surface area (Å²) in [7, 11) is -3.76. The Morgan fingerprint density at radius 2 is 2.24 bits per heavy atom. The van der Waals surface area contributed by atoms with E-state index in [4.69, 9.17) is 0 Å². The third kappa shape index (κ3) is 1.91. The molecule has 0 saturated carbocycles. The van der Waals surface area contributed by atoms with E-state index >= 15 is 0 Å². The molecule has 0 radical (unpaired) electrons. The highest BCUT2D eigenvalue weighted by Gasteiger charge is 2.23. The van der Waals surface area contributed by atoms with Crippen molar-refractivity contribution in [3.05, 3.63) is 30.0 Å². The monoisotopic (exact) mass is 257 g/mol. The van der Waals surface area contributed by atoms with Crippen molar-refractivity contribution in [2.75, 3.05) is 6.54 Å². The highest BCUT2D eigenvalue weighted by atomic mass is 32.2. The number of imidazole rings is 1. The van der Waals surface area contributed by atoms with E-state index < -0.39 is 15.8 Å². The number of hydrogen-bond donors (Lipinski definition) is 1. The van der Waals surface area contributed by atoms with E-state index in [1.54, 1.807) is 20.0 Å². The molecule has 0 aliphatic heterocycles. The first-order valence-corrected chi connectivity index (χ1v) is 6.58. The Morgan fingerprint density at radius 1 is 1.53 bits per heavy atom. The van der Waals surface area contributed by atoms with Crippen LogP contribution in [0.5, 0.6) is 0 Å². The number of fused-ring (bicyclic) bond motifs is 1. The Morgan fingerprint density at radius 3 is 2.88 bits per heavy atom. The lowest BCUT2D eigenvalue weighted by Gasteiger charge is -2.02. The molecule has 0 atom stereocenters. The third-order valence-electron chi connectivity index (χ3n) is 2.35. The number of aromatic nitrogens is 2. The van der Waals surface area contributed by atoms with E-state index in [-0.39, 0.29) is 17.1 Å². The molecule has 0 fully saturated rings. The van der Waals surface area contributed by atoms with E-state index in [1.165, 1.54) is 16.5 Å². The van der Waals surface area contributed by atoms with Crippen LogP contribution in [0.2, 0.25) is 0 Å². The Labute approximate surface area is 98.3 Å². The highest BCUT2D eigenvalue weighted by Crippen LogP contribution is 2.20. The molecule has 0 spiro atoms. The summed E-state index contributed by atoms with van der Waals surface area (Å²) in [6.45, 7) is 3.51. The largest absolute Gasteiger partial charge is 0.300 e. The van der Waals surface area contributed by atoms with Crippen LogP contribution in [0.3, 0.4) is 0 Å². The molecule has 17 heavy (non-hydrogen) atoms. The van der Waals surface area contributed by atoms with Crippen LogP contribution in [-0.4, -0.2) is 24.3 Å². The van der Waals surface area contributed by atoms with Crippen molar-refractivity contribution in [1.29, 1.82) is 0 Å². The van der Waals surface area contributed by atoms with Crippen molar-refractivity contribution in [3.63, 3.8) is 0 Å². The van der Waals surface area contributed by atoms with Gasteiger partial charge in [-0.05, 0) is 19.1 Å². The number of nitrogens with one attached hydrogen (secondary N) is 1. The predicted molar refractivity (Wildman–Crippen MR) is 60.7 cm³/mol. The predicted octanol–water partition coefficient (Wildman–Crippen LogP) is 1.08. The molecule has 0 saturated heterocycles. The second-order valence-corrected chi connectivity index (χ2v) is 5.22. The molecule has 2 heterocycles. The molecular formula is C10H12FN3O2S. The molecular weight excluding hydrogens is 245 g/mol.